The number of anilines is 3. The van der Waals surface area contributed by atoms with Crippen LogP contribution in [-0.2, 0) is 0 Å². The summed E-state index contributed by atoms with van der Waals surface area (Å²) in [5, 5.41) is 11.1. The number of hydrogen-bond acceptors (Lipinski definition) is 6. The molecule has 150 valence electrons. The van der Waals surface area contributed by atoms with Crippen LogP contribution in [0.2, 0.25) is 0 Å². The average Bonchev–Trinajstić information content (AvgIpc) is 3.50. The summed E-state index contributed by atoms with van der Waals surface area (Å²) in [5.41, 5.74) is 1.24. The van der Waals surface area contributed by atoms with Crippen molar-refractivity contribution in [2.45, 2.75) is 82.5 Å². The molecule has 2 N–H and O–H groups in total. The summed E-state index contributed by atoms with van der Waals surface area (Å²) in [6, 6.07) is 2.13. The smallest absolute Gasteiger partial charge is 0.233 e. The van der Waals surface area contributed by atoms with Crippen LogP contribution in [0.1, 0.15) is 94.0 Å². The maximum absolute atomic E-state index is 4.88. The molecule has 0 bridgehead atoms. The van der Waals surface area contributed by atoms with Crippen LogP contribution in [0, 0.1) is 0 Å². The quantitative estimate of drug-likeness (QED) is 0.785. The minimum absolute atomic E-state index is 0.465. The van der Waals surface area contributed by atoms with Gasteiger partial charge < -0.3 is 10.2 Å². The second-order valence-electron chi connectivity index (χ2n) is 8.66. The lowest BCUT2D eigenvalue weighted by Crippen LogP contribution is -2.23. The predicted octanol–water partition coefficient (Wildman–Crippen LogP) is 4.64. The second kappa shape index (κ2) is 8.05. The summed E-state index contributed by atoms with van der Waals surface area (Å²) in [6.07, 6.45) is 13.9. The first kappa shape index (κ1) is 17.9. The van der Waals surface area contributed by atoms with Gasteiger partial charge in [-0.05, 0) is 38.5 Å². The van der Waals surface area contributed by atoms with Gasteiger partial charge in [-0.25, -0.2) is 0 Å². The van der Waals surface area contributed by atoms with E-state index in [0.29, 0.717) is 17.8 Å². The highest BCUT2D eigenvalue weighted by Crippen LogP contribution is 2.35. The summed E-state index contributed by atoms with van der Waals surface area (Å²) < 4.78 is 0. The lowest BCUT2D eigenvalue weighted by atomic mass is 9.89. The topological polar surface area (TPSA) is 82.6 Å². The molecular formula is C21H31N7. The van der Waals surface area contributed by atoms with Crippen LogP contribution in [-0.4, -0.2) is 38.2 Å². The van der Waals surface area contributed by atoms with Crippen molar-refractivity contribution in [2.75, 3.05) is 23.3 Å². The lowest BCUT2D eigenvalue weighted by molar-refractivity contribution is 0.428. The molecule has 0 aromatic carbocycles. The standard InChI is InChI=1S/C21H31N7/c1-2-10-16(11-3-1)19-23-20(25-21(24-19)28-12-6-7-13-28)22-18-14-17(26-27-18)15-8-4-5-9-15/h14-16H,1-13H2,(H2,22,23,24,25,26,27). The van der Waals surface area contributed by atoms with Gasteiger partial charge in [-0.2, -0.15) is 20.1 Å². The fourth-order valence-corrected chi connectivity index (χ4v) is 5.00. The van der Waals surface area contributed by atoms with E-state index in [1.54, 1.807) is 0 Å². The van der Waals surface area contributed by atoms with E-state index in [1.165, 1.54) is 76.3 Å². The summed E-state index contributed by atoms with van der Waals surface area (Å²) in [4.78, 5) is 16.8. The van der Waals surface area contributed by atoms with Crippen molar-refractivity contribution in [3.05, 3.63) is 17.6 Å². The zero-order valence-electron chi connectivity index (χ0n) is 16.7. The van der Waals surface area contributed by atoms with Gasteiger partial charge in [0.25, 0.3) is 0 Å². The minimum Gasteiger partial charge on any atom is -0.341 e. The first-order valence-electron chi connectivity index (χ1n) is 11.2. The Hall–Kier alpha value is -2.18. The van der Waals surface area contributed by atoms with Gasteiger partial charge in [-0.1, -0.05) is 32.1 Å². The summed E-state index contributed by atoms with van der Waals surface area (Å²) in [5.74, 6) is 4.34. The number of nitrogens with zero attached hydrogens (tertiary/aromatic N) is 5. The van der Waals surface area contributed by atoms with Crippen molar-refractivity contribution in [1.29, 1.82) is 0 Å². The molecule has 1 aliphatic heterocycles. The fraction of sp³-hybridized carbons (Fsp3) is 0.714. The van der Waals surface area contributed by atoms with Crippen LogP contribution < -0.4 is 10.2 Å². The molecule has 0 atom stereocenters. The molecule has 0 radical (unpaired) electrons. The van der Waals surface area contributed by atoms with Gasteiger partial charge in [0.05, 0.1) is 0 Å². The van der Waals surface area contributed by atoms with Crippen molar-refractivity contribution < 1.29 is 0 Å². The monoisotopic (exact) mass is 381 g/mol. The SMILES string of the molecule is c1c(Nc2nc(C3CCCCC3)nc(N3CCCC3)n2)n[nH]c1C1CCCC1. The Labute approximate surface area is 166 Å². The summed E-state index contributed by atoms with van der Waals surface area (Å²) >= 11 is 0. The second-order valence-corrected chi connectivity index (χ2v) is 8.66. The van der Waals surface area contributed by atoms with E-state index in [1.807, 2.05) is 0 Å². The minimum atomic E-state index is 0.465. The Bertz CT molecular complexity index is 784. The molecule has 5 rings (SSSR count). The van der Waals surface area contributed by atoms with E-state index in [-0.39, 0.29) is 0 Å². The fourth-order valence-electron chi connectivity index (χ4n) is 5.00. The summed E-state index contributed by atoms with van der Waals surface area (Å²) in [7, 11) is 0. The van der Waals surface area contributed by atoms with Gasteiger partial charge in [0.2, 0.25) is 11.9 Å². The maximum atomic E-state index is 4.88. The highest BCUT2D eigenvalue weighted by atomic mass is 15.3. The summed E-state index contributed by atoms with van der Waals surface area (Å²) in [6.45, 7) is 2.09. The van der Waals surface area contributed by atoms with Crippen LogP contribution in [0.25, 0.3) is 0 Å². The molecule has 28 heavy (non-hydrogen) atoms. The molecule has 0 unspecified atom stereocenters. The van der Waals surface area contributed by atoms with Gasteiger partial charge >= 0.3 is 0 Å². The zero-order valence-corrected chi connectivity index (χ0v) is 16.7. The number of aromatic amines is 1. The average molecular weight is 382 g/mol. The number of nitrogens with one attached hydrogen (secondary N) is 2. The first-order chi connectivity index (χ1) is 13.8. The van der Waals surface area contributed by atoms with Gasteiger partial charge in [0, 0.05) is 36.7 Å². The Morgan fingerprint density at radius 3 is 2.32 bits per heavy atom. The third-order valence-electron chi connectivity index (χ3n) is 6.63. The molecule has 3 aliphatic rings. The number of aromatic nitrogens is 5. The van der Waals surface area contributed by atoms with Gasteiger partial charge in [0.15, 0.2) is 5.82 Å². The van der Waals surface area contributed by atoms with Crippen LogP contribution in [0.5, 0.6) is 0 Å². The highest BCUT2D eigenvalue weighted by molar-refractivity contribution is 5.50. The zero-order chi connectivity index (χ0) is 18.8. The van der Waals surface area contributed by atoms with E-state index >= 15 is 0 Å². The Kier molecular flexibility index (Phi) is 5.14. The van der Waals surface area contributed by atoms with Crippen LogP contribution in [0.4, 0.5) is 17.7 Å². The highest BCUT2D eigenvalue weighted by Gasteiger charge is 2.24. The molecule has 3 fully saturated rings. The molecule has 7 heteroatoms. The van der Waals surface area contributed by atoms with Crippen molar-refractivity contribution >= 4 is 17.7 Å². The van der Waals surface area contributed by atoms with Gasteiger partial charge in [-0.3, -0.25) is 5.10 Å². The third kappa shape index (κ3) is 3.84. The van der Waals surface area contributed by atoms with Crippen molar-refractivity contribution in [1.82, 2.24) is 25.1 Å². The van der Waals surface area contributed by atoms with Crippen molar-refractivity contribution in [3.8, 4) is 0 Å². The van der Waals surface area contributed by atoms with E-state index in [4.69, 9.17) is 15.0 Å². The molecule has 2 aromatic rings. The molecule has 3 heterocycles. The van der Waals surface area contributed by atoms with Crippen LogP contribution in [0.15, 0.2) is 6.07 Å². The van der Waals surface area contributed by atoms with E-state index in [9.17, 15) is 0 Å². The lowest BCUT2D eigenvalue weighted by Gasteiger charge is -2.22. The van der Waals surface area contributed by atoms with E-state index in [2.05, 4.69) is 26.5 Å². The van der Waals surface area contributed by atoms with Gasteiger partial charge in [0.1, 0.15) is 5.82 Å². The maximum Gasteiger partial charge on any atom is 0.233 e. The van der Waals surface area contributed by atoms with E-state index < -0.39 is 0 Å². The molecule has 1 saturated heterocycles. The Morgan fingerprint density at radius 1 is 0.821 bits per heavy atom. The third-order valence-corrected chi connectivity index (χ3v) is 6.63. The largest absolute Gasteiger partial charge is 0.341 e. The predicted molar refractivity (Wildman–Crippen MR) is 110 cm³/mol. The van der Waals surface area contributed by atoms with Crippen molar-refractivity contribution in [2.24, 2.45) is 0 Å². The molecule has 7 nitrogen and oxygen atoms in total. The molecule has 2 saturated carbocycles. The van der Waals surface area contributed by atoms with E-state index in [0.717, 1.165) is 30.7 Å². The molecular weight excluding hydrogens is 350 g/mol. The molecule has 0 spiro atoms. The number of rotatable bonds is 5. The molecule has 2 aromatic heterocycles. The normalized spacial score (nSPS) is 21.5. The Balaban J connectivity index is 1.39. The Morgan fingerprint density at radius 2 is 1.54 bits per heavy atom. The van der Waals surface area contributed by atoms with Crippen LogP contribution in [0.3, 0.4) is 0 Å². The molecule has 2 aliphatic carbocycles. The van der Waals surface area contributed by atoms with Gasteiger partial charge in [-0.15, -0.1) is 0 Å². The molecule has 0 amide bonds. The number of H-pyrrole nitrogens is 1. The van der Waals surface area contributed by atoms with Crippen LogP contribution >= 0.6 is 0 Å². The van der Waals surface area contributed by atoms with Crippen molar-refractivity contribution in [3.63, 3.8) is 0 Å². The number of hydrogen-bond donors (Lipinski definition) is 2. The first-order valence-corrected chi connectivity index (χ1v) is 11.2.